The van der Waals surface area contributed by atoms with Crippen LogP contribution >= 0.6 is 0 Å². The van der Waals surface area contributed by atoms with Crippen LogP contribution in [0.2, 0.25) is 0 Å². The summed E-state index contributed by atoms with van der Waals surface area (Å²) in [6.45, 7) is 4.70. The summed E-state index contributed by atoms with van der Waals surface area (Å²) in [6.07, 6.45) is 1.92. The van der Waals surface area contributed by atoms with Crippen molar-refractivity contribution in [3.8, 4) is 5.75 Å². The zero-order valence-corrected chi connectivity index (χ0v) is 15.4. The fraction of sp³-hybridized carbons (Fsp3) is 0.273. The number of amides is 1. The van der Waals surface area contributed by atoms with Crippen molar-refractivity contribution >= 4 is 22.5 Å². The first-order chi connectivity index (χ1) is 12.6. The van der Waals surface area contributed by atoms with Gasteiger partial charge in [0.15, 0.2) is 0 Å². The molecule has 1 aliphatic heterocycles. The van der Waals surface area contributed by atoms with Crippen LogP contribution in [0.3, 0.4) is 0 Å². The molecule has 1 aliphatic rings. The quantitative estimate of drug-likeness (QED) is 0.688. The molecule has 0 spiro atoms. The number of nitrogens with zero attached hydrogens (tertiary/aromatic N) is 2. The molecule has 0 unspecified atom stereocenters. The van der Waals surface area contributed by atoms with Crippen molar-refractivity contribution in [3.63, 3.8) is 0 Å². The van der Waals surface area contributed by atoms with Gasteiger partial charge in [-0.25, -0.2) is 0 Å². The lowest BCUT2D eigenvalue weighted by molar-refractivity contribution is 0.0986. The van der Waals surface area contributed by atoms with Gasteiger partial charge in [-0.3, -0.25) is 9.78 Å². The molecule has 3 aromatic rings. The van der Waals surface area contributed by atoms with Crippen molar-refractivity contribution in [2.24, 2.45) is 0 Å². The molecule has 26 heavy (non-hydrogen) atoms. The first-order valence-corrected chi connectivity index (χ1v) is 8.93. The normalized spacial score (nSPS) is 13.6. The van der Waals surface area contributed by atoms with Gasteiger partial charge >= 0.3 is 0 Å². The number of fused-ring (bicyclic) bond motifs is 2. The van der Waals surface area contributed by atoms with Gasteiger partial charge in [0.2, 0.25) is 0 Å². The van der Waals surface area contributed by atoms with Crippen molar-refractivity contribution in [2.45, 2.75) is 26.7 Å². The molecule has 4 rings (SSSR count). The maximum Gasteiger partial charge on any atom is 0.259 e. The van der Waals surface area contributed by atoms with E-state index in [4.69, 9.17) is 4.74 Å². The van der Waals surface area contributed by atoms with E-state index in [1.54, 1.807) is 7.11 Å². The first kappa shape index (κ1) is 16.6. The minimum absolute atomic E-state index is 0.0391. The second kappa shape index (κ2) is 6.45. The van der Waals surface area contributed by atoms with Crippen LogP contribution in [-0.4, -0.2) is 24.5 Å². The third-order valence-electron chi connectivity index (χ3n) is 4.97. The SMILES string of the molecule is COc1ccc2c(c1)CCCN2C(=O)c1cc(C)nc2ccc(C)cc12. The Morgan fingerprint density at radius 1 is 1.12 bits per heavy atom. The van der Waals surface area contributed by atoms with Gasteiger partial charge in [0, 0.05) is 23.3 Å². The third-order valence-corrected chi connectivity index (χ3v) is 4.97. The molecular formula is C22H22N2O2. The summed E-state index contributed by atoms with van der Waals surface area (Å²) in [6, 6.07) is 13.9. The molecule has 0 saturated carbocycles. The van der Waals surface area contributed by atoms with E-state index >= 15 is 0 Å². The van der Waals surface area contributed by atoms with Crippen LogP contribution in [0.25, 0.3) is 10.9 Å². The van der Waals surface area contributed by atoms with Crippen molar-refractivity contribution in [1.82, 2.24) is 4.98 Å². The number of hydrogen-bond donors (Lipinski definition) is 0. The van der Waals surface area contributed by atoms with E-state index in [1.807, 2.05) is 61.2 Å². The highest BCUT2D eigenvalue weighted by Gasteiger charge is 2.25. The summed E-state index contributed by atoms with van der Waals surface area (Å²) in [5, 5.41) is 0.918. The lowest BCUT2D eigenvalue weighted by Gasteiger charge is -2.30. The van der Waals surface area contributed by atoms with Crippen LogP contribution in [0.4, 0.5) is 5.69 Å². The number of carbonyl (C=O) groups excluding carboxylic acids is 1. The summed E-state index contributed by atoms with van der Waals surface area (Å²) in [7, 11) is 1.67. The van der Waals surface area contributed by atoms with E-state index in [1.165, 1.54) is 0 Å². The number of methoxy groups -OCH3 is 1. The zero-order valence-electron chi connectivity index (χ0n) is 15.4. The Hall–Kier alpha value is -2.88. The van der Waals surface area contributed by atoms with Gasteiger partial charge in [-0.05, 0) is 68.7 Å². The average molecular weight is 346 g/mol. The van der Waals surface area contributed by atoms with Gasteiger partial charge in [-0.1, -0.05) is 11.6 Å². The number of hydrogen-bond acceptors (Lipinski definition) is 3. The average Bonchev–Trinajstić information content (AvgIpc) is 2.66. The Balaban J connectivity index is 1.83. The molecule has 4 heteroatoms. The fourth-order valence-electron chi connectivity index (χ4n) is 3.71. The molecule has 1 amide bonds. The standard InChI is InChI=1S/C22H22N2O2/c1-14-6-8-20-18(11-14)19(12-15(2)23-20)22(25)24-10-4-5-16-13-17(26-3)7-9-21(16)24/h6-9,11-13H,4-5,10H2,1-3H3. The van der Waals surface area contributed by atoms with E-state index in [2.05, 4.69) is 4.98 Å². The lowest BCUT2D eigenvalue weighted by Crippen LogP contribution is -2.35. The highest BCUT2D eigenvalue weighted by molar-refractivity contribution is 6.14. The highest BCUT2D eigenvalue weighted by atomic mass is 16.5. The Morgan fingerprint density at radius 2 is 1.96 bits per heavy atom. The summed E-state index contributed by atoms with van der Waals surface area (Å²) < 4.78 is 5.34. The molecule has 0 aliphatic carbocycles. The van der Waals surface area contributed by atoms with Crippen molar-refractivity contribution in [1.29, 1.82) is 0 Å². The molecule has 0 fully saturated rings. The second-order valence-electron chi connectivity index (χ2n) is 6.89. The maximum absolute atomic E-state index is 13.5. The molecule has 0 bridgehead atoms. The second-order valence-corrected chi connectivity index (χ2v) is 6.89. The monoisotopic (exact) mass is 346 g/mol. The smallest absolute Gasteiger partial charge is 0.259 e. The number of pyridine rings is 1. The Bertz CT molecular complexity index is 1010. The highest BCUT2D eigenvalue weighted by Crippen LogP contribution is 2.32. The van der Waals surface area contributed by atoms with Gasteiger partial charge < -0.3 is 9.64 Å². The summed E-state index contributed by atoms with van der Waals surface area (Å²) in [5.41, 5.74) is 5.72. The van der Waals surface area contributed by atoms with Crippen molar-refractivity contribution < 1.29 is 9.53 Å². The predicted octanol–water partition coefficient (Wildman–Crippen LogP) is 4.45. The number of carbonyl (C=O) groups is 1. The van der Waals surface area contributed by atoms with Crippen molar-refractivity contribution in [2.75, 3.05) is 18.6 Å². The molecule has 132 valence electrons. The molecule has 4 nitrogen and oxygen atoms in total. The first-order valence-electron chi connectivity index (χ1n) is 8.93. The number of aromatic nitrogens is 1. The largest absolute Gasteiger partial charge is 0.497 e. The number of aryl methyl sites for hydroxylation is 3. The van der Waals surface area contributed by atoms with Gasteiger partial charge in [-0.15, -0.1) is 0 Å². The van der Waals surface area contributed by atoms with Gasteiger partial charge in [0.25, 0.3) is 5.91 Å². The van der Waals surface area contributed by atoms with Crippen LogP contribution in [-0.2, 0) is 6.42 Å². The number of benzene rings is 2. The van der Waals surface area contributed by atoms with Crippen LogP contribution < -0.4 is 9.64 Å². The molecule has 0 atom stereocenters. The topological polar surface area (TPSA) is 42.4 Å². The molecular weight excluding hydrogens is 324 g/mol. The predicted molar refractivity (Wildman–Crippen MR) is 104 cm³/mol. The molecule has 0 radical (unpaired) electrons. The minimum Gasteiger partial charge on any atom is -0.497 e. The van der Waals surface area contributed by atoms with Crippen LogP contribution in [0.15, 0.2) is 42.5 Å². The van der Waals surface area contributed by atoms with E-state index in [0.717, 1.165) is 64.1 Å². The molecule has 1 aromatic heterocycles. The number of rotatable bonds is 2. The Kier molecular flexibility index (Phi) is 4.11. The Labute approximate surface area is 153 Å². The van der Waals surface area contributed by atoms with E-state index in [0.29, 0.717) is 0 Å². The molecule has 2 aromatic carbocycles. The van der Waals surface area contributed by atoms with Crippen LogP contribution in [0, 0.1) is 13.8 Å². The minimum atomic E-state index is 0.0391. The van der Waals surface area contributed by atoms with Gasteiger partial charge in [-0.2, -0.15) is 0 Å². The van der Waals surface area contributed by atoms with Crippen LogP contribution in [0.1, 0.15) is 33.6 Å². The van der Waals surface area contributed by atoms with Gasteiger partial charge in [0.1, 0.15) is 5.75 Å². The Morgan fingerprint density at radius 3 is 2.77 bits per heavy atom. The van der Waals surface area contributed by atoms with Crippen molar-refractivity contribution in [3.05, 3.63) is 64.8 Å². The lowest BCUT2D eigenvalue weighted by atomic mass is 9.99. The van der Waals surface area contributed by atoms with Crippen LogP contribution in [0.5, 0.6) is 5.75 Å². The third kappa shape index (κ3) is 2.81. The zero-order chi connectivity index (χ0) is 18.3. The molecule has 0 N–H and O–H groups in total. The molecule has 2 heterocycles. The maximum atomic E-state index is 13.5. The van der Waals surface area contributed by atoms with Gasteiger partial charge in [0.05, 0.1) is 18.2 Å². The van der Waals surface area contributed by atoms with E-state index in [-0.39, 0.29) is 5.91 Å². The molecule has 0 saturated heterocycles. The number of anilines is 1. The van der Waals surface area contributed by atoms with E-state index in [9.17, 15) is 4.79 Å². The number of ether oxygens (including phenoxy) is 1. The fourth-order valence-corrected chi connectivity index (χ4v) is 3.71. The van der Waals surface area contributed by atoms with E-state index < -0.39 is 0 Å². The summed E-state index contributed by atoms with van der Waals surface area (Å²) in [5.74, 6) is 0.871. The summed E-state index contributed by atoms with van der Waals surface area (Å²) >= 11 is 0. The summed E-state index contributed by atoms with van der Waals surface area (Å²) in [4.78, 5) is 19.9.